The van der Waals surface area contributed by atoms with Gasteiger partial charge in [-0.25, -0.2) is 4.79 Å². The molecule has 0 aliphatic heterocycles. The number of benzene rings is 2. The van der Waals surface area contributed by atoms with Crippen LogP contribution in [0.3, 0.4) is 0 Å². The third kappa shape index (κ3) is 7.06. The maximum Gasteiger partial charge on any atom is 0.407 e. The normalized spacial score (nSPS) is 11.6. The number of carbonyl (C=O) groups is 2. The molecule has 0 aliphatic carbocycles. The average Bonchev–Trinajstić information content (AvgIpc) is 2.62. The van der Waals surface area contributed by atoms with Gasteiger partial charge >= 0.3 is 12.1 Å². The van der Waals surface area contributed by atoms with Gasteiger partial charge in [-0.05, 0) is 52.0 Å². The summed E-state index contributed by atoms with van der Waals surface area (Å²) >= 11 is 9.35. The number of ether oxygens (including phenoxy) is 1. The van der Waals surface area contributed by atoms with Crippen LogP contribution in [0.25, 0.3) is 0 Å². The van der Waals surface area contributed by atoms with E-state index in [-0.39, 0.29) is 19.1 Å². The van der Waals surface area contributed by atoms with Crippen molar-refractivity contribution < 1.29 is 19.4 Å². The summed E-state index contributed by atoms with van der Waals surface area (Å²) in [5, 5.41) is 12.3. The smallest absolute Gasteiger partial charge is 0.407 e. The largest absolute Gasteiger partial charge is 0.481 e. The van der Waals surface area contributed by atoms with Gasteiger partial charge in [-0.15, -0.1) is 0 Å². The van der Waals surface area contributed by atoms with Crippen molar-refractivity contribution in [2.45, 2.75) is 31.9 Å². The first-order valence-corrected chi connectivity index (χ1v) is 9.24. The number of halogens is 2. The molecule has 0 saturated carbocycles. The van der Waals surface area contributed by atoms with Gasteiger partial charge < -0.3 is 15.2 Å². The molecule has 0 aliphatic rings. The molecular formula is C19H19BrClNO4. The van der Waals surface area contributed by atoms with E-state index in [0.717, 1.165) is 15.6 Å². The fourth-order valence-corrected chi connectivity index (χ4v) is 2.95. The van der Waals surface area contributed by atoms with E-state index in [1.165, 1.54) is 0 Å². The van der Waals surface area contributed by atoms with Gasteiger partial charge in [-0.3, -0.25) is 4.79 Å². The lowest BCUT2D eigenvalue weighted by molar-refractivity contribution is -0.137. The van der Waals surface area contributed by atoms with E-state index in [0.29, 0.717) is 17.9 Å². The summed E-state index contributed by atoms with van der Waals surface area (Å²) in [6.45, 7) is 0.158. The maximum atomic E-state index is 12.1. The Morgan fingerprint density at radius 2 is 1.88 bits per heavy atom. The SMILES string of the molecule is O=C(O)CCC(Cc1ccc(Cl)c(Br)c1)NC(=O)OCc1ccccc1. The molecule has 0 bridgehead atoms. The molecule has 0 radical (unpaired) electrons. The Morgan fingerprint density at radius 3 is 2.54 bits per heavy atom. The fourth-order valence-electron chi connectivity index (χ4n) is 2.41. The van der Waals surface area contributed by atoms with Crippen LogP contribution in [0.4, 0.5) is 4.79 Å². The van der Waals surface area contributed by atoms with Crippen molar-refractivity contribution in [3.8, 4) is 0 Å². The van der Waals surface area contributed by atoms with Crippen LogP contribution in [0.5, 0.6) is 0 Å². The molecule has 0 heterocycles. The molecule has 1 amide bonds. The minimum absolute atomic E-state index is 0.0433. The molecule has 0 saturated heterocycles. The predicted octanol–water partition coefficient (Wildman–Crippen LogP) is 4.80. The summed E-state index contributed by atoms with van der Waals surface area (Å²) in [7, 11) is 0. The number of nitrogens with one attached hydrogen (secondary N) is 1. The van der Waals surface area contributed by atoms with Crippen LogP contribution in [-0.4, -0.2) is 23.2 Å². The van der Waals surface area contributed by atoms with E-state index in [1.54, 1.807) is 6.07 Å². The van der Waals surface area contributed by atoms with E-state index < -0.39 is 12.1 Å². The van der Waals surface area contributed by atoms with Gasteiger partial charge in [-0.1, -0.05) is 48.0 Å². The molecule has 0 fully saturated rings. The molecule has 7 heteroatoms. The Bertz CT molecular complexity index is 754. The summed E-state index contributed by atoms with van der Waals surface area (Å²) < 4.78 is 5.97. The van der Waals surface area contributed by atoms with Crippen molar-refractivity contribution in [1.29, 1.82) is 0 Å². The summed E-state index contributed by atoms with van der Waals surface area (Å²) in [6.07, 6.45) is 0.162. The monoisotopic (exact) mass is 439 g/mol. The van der Waals surface area contributed by atoms with Crippen LogP contribution in [0, 0.1) is 0 Å². The number of carbonyl (C=O) groups excluding carboxylic acids is 1. The zero-order valence-electron chi connectivity index (χ0n) is 14.0. The van der Waals surface area contributed by atoms with Gasteiger partial charge in [0.1, 0.15) is 6.61 Å². The second-order valence-corrected chi connectivity index (χ2v) is 7.05. The topological polar surface area (TPSA) is 75.6 Å². The van der Waals surface area contributed by atoms with Gasteiger partial charge in [-0.2, -0.15) is 0 Å². The highest BCUT2D eigenvalue weighted by Crippen LogP contribution is 2.24. The Hall–Kier alpha value is -2.05. The first-order chi connectivity index (χ1) is 12.4. The Kier molecular flexibility index (Phi) is 7.94. The molecule has 138 valence electrons. The van der Waals surface area contributed by atoms with E-state index in [2.05, 4.69) is 21.2 Å². The molecule has 2 aromatic carbocycles. The Morgan fingerprint density at radius 1 is 1.15 bits per heavy atom. The minimum Gasteiger partial charge on any atom is -0.481 e. The van der Waals surface area contributed by atoms with Crippen LogP contribution in [0.1, 0.15) is 24.0 Å². The van der Waals surface area contributed by atoms with Crippen LogP contribution in [-0.2, 0) is 22.6 Å². The van der Waals surface area contributed by atoms with E-state index in [9.17, 15) is 9.59 Å². The average molecular weight is 441 g/mol. The number of hydrogen-bond acceptors (Lipinski definition) is 3. The van der Waals surface area contributed by atoms with Crippen molar-refractivity contribution in [1.82, 2.24) is 5.32 Å². The molecule has 26 heavy (non-hydrogen) atoms. The summed E-state index contributed by atoms with van der Waals surface area (Å²) in [4.78, 5) is 23.0. The van der Waals surface area contributed by atoms with Crippen LogP contribution < -0.4 is 5.32 Å². The third-order valence-electron chi connectivity index (χ3n) is 3.71. The highest BCUT2D eigenvalue weighted by Gasteiger charge is 2.16. The quantitative estimate of drug-likeness (QED) is 0.618. The lowest BCUT2D eigenvalue weighted by Crippen LogP contribution is -2.37. The van der Waals surface area contributed by atoms with Gasteiger partial charge in [0, 0.05) is 16.9 Å². The fraction of sp³-hybridized carbons (Fsp3) is 0.263. The molecule has 2 rings (SSSR count). The van der Waals surface area contributed by atoms with E-state index >= 15 is 0 Å². The van der Waals surface area contributed by atoms with Crippen LogP contribution in [0.2, 0.25) is 5.02 Å². The first-order valence-electron chi connectivity index (χ1n) is 8.07. The molecular weight excluding hydrogens is 422 g/mol. The van der Waals surface area contributed by atoms with Gasteiger partial charge in [0.15, 0.2) is 0 Å². The number of alkyl carbamates (subject to hydrolysis) is 1. The number of hydrogen-bond donors (Lipinski definition) is 2. The molecule has 0 spiro atoms. The van der Waals surface area contributed by atoms with Crippen molar-refractivity contribution >= 4 is 39.6 Å². The third-order valence-corrected chi connectivity index (χ3v) is 4.92. The summed E-state index contributed by atoms with van der Waals surface area (Å²) in [6, 6.07) is 14.4. The van der Waals surface area contributed by atoms with Crippen LogP contribution in [0.15, 0.2) is 53.0 Å². The van der Waals surface area contributed by atoms with Gasteiger partial charge in [0.05, 0.1) is 5.02 Å². The first kappa shape index (κ1) is 20.3. The molecule has 2 N–H and O–H groups in total. The molecule has 2 aromatic rings. The predicted molar refractivity (Wildman–Crippen MR) is 103 cm³/mol. The number of amides is 1. The van der Waals surface area contributed by atoms with Gasteiger partial charge in [0.2, 0.25) is 0 Å². The van der Waals surface area contributed by atoms with Crippen molar-refractivity contribution in [2.75, 3.05) is 0 Å². The summed E-state index contributed by atoms with van der Waals surface area (Å²) in [5.41, 5.74) is 1.81. The van der Waals surface area contributed by atoms with Crippen molar-refractivity contribution in [3.05, 3.63) is 69.2 Å². The minimum atomic E-state index is -0.910. The van der Waals surface area contributed by atoms with E-state index in [1.807, 2.05) is 42.5 Å². The maximum absolute atomic E-state index is 12.1. The standard InChI is InChI=1S/C19H19BrClNO4/c20-16-11-14(6-8-17(16)21)10-15(7-9-18(23)24)22-19(25)26-12-13-4-2-1-3-5-13/h1-6,8,11,15H,7,9-10,12H2,(H,22,25)(H,23,24). The number of rotatable bonds is 8. The molecule has 1 atom stereocenters. The zero-order chi connectivity index (χ0) is 18.9. The van der Waals surface area contributed by atoms with Crippen LogP contribution >= 0.6 is 27.5 Å². The van der Waals surface area contributed by atoms with E-state index in [4.69, 9.17) is 21.4 Å². The summed E-state index contributed by atoms with van der Waals surface area (Å²) in [5.74, 6) is -0.910. The lowest BCUT2D eigenvalue weighted by atomic mass is 10.0. The lowest BCUT2D eigenvalue weighted by Gasteiger charge is -2.18. The molecule has 0 aromatic heterocycles. The highest BCUT2D eigenvalue weighted by molar-refractivity contribution is 9.10. The molecule has 5 nitrogen and oxygen atoms in total. The zero-order valence-corrected chi connectivity index (χ0v) is 16.3. The molecule has 1 unspecified atom stereocenters. The second-order valence-electron chi connectivity index (χ2n) is 5.79. The number of carboxylic acid groups (broad SMARTS) is 1. The van der Waals surface area contributed by atoms with Crippen molar-refractivity contribution in [2.24, 2.45) is 0 Å². The number of aliphatic carboxylic acids is 1. The van der Waals surface area contributed by atoms with Gasteiger partial charge in [0.25, 0.3) is 0 Å². The number of carboxylic acids is 1. The Labute approximate surface area is 165 Å². The second kappa shape index (κ2) is 10.2. The van der Waals surface area contributed by atoms with Crippen molar-refractivity contribution in [3.63, 3.8) is 0 Å². The Balaban J connectivity index is 1.95. The highest BCUT2D eigenvalue weighted by atomic mass is 79.9.